The van der Waals surface area contributed by atoms with Gasteiger partial charge in [-0.3, -0.25) is 9.59 Å². The predicted molar refractivity (Wildman–Crippen MR) is 138 cm³/mol. The zero-order valence-corrected chi connectivity index (χ0v) is 20.0. The van der Waals surface area contributed by atoms with Gasteiger partial charge in [0.25, 0.3) is 5.56 Å². The van der Waals surface area contributed by atoms with Gasteiger partial charge in [0, 0.05) is 12.3 Å². The number of para-hydroxylation sites is 2. The zero-order chi connectivity index (χ0) is 24.4. The van der Waals surface area contributed by atoms with Crippen molar-refractivity contribution in [2.75, 3.05) is 11.1 Å². The maximum atomic E-state index is 13.4. The van der Waals surface area contributed by atoms with Crippen LogP contribution in [0.3, 0.4) is 0 Å². The van der Waals surface area contributed by atoms with Gasteiger partial charge in [-0.15, -0.1) is 0 Å². The van der Waals surface area contributed by atoms with Gasteiger partial charge in [0.2, 0.25) is 5.91 Å². The van der Waals surface area contributed by atoms with E-state index in [9.17, 15) is 9.59 Å². The minimum Gasteiger partial charge on any atom is -0.310 e. The minimum absolute atomic E-state index is 0.0513. The summed E-state index contributed by atoms with van der Waals surface area (Å²) in [6.45, 7) is 3.76. The quantitative estimate of drug-likeness (QED) is 0.286. The van der Waals surface area contributed by atoms with Crippen molar-refractivity contribution in [2.24, 2.45) is 0 Å². The summed E-state index contributed by atoms with van der Waals surface area (Å²) in [4.78, 5) is 35.4. The van der Waals surface area contributed by atoms with E-state index in [-0.39, 0.29) is 17.2 Å². The van der Waals surface area contributed by atoms with Gasteiger partial charge in [0.1, 0.15) is 11.6 Å². The molecule has 0 unspecified atom stereocenters. The molecule has 0 saturated carbocycles. The van der Waals surface area contributed by atoms with E-state index in [1.807, 2.05) is 68.4 Å². The highest BCUT2D eigenvalue weighted by Crippen LogP contribution is 2.23. The summed E-state index contributed by atoms with van der Waals surface area (Å²) in [5.41, 5.74) is 2.81. The third kappa shape index (κ3) is 4.58. The van der Waals surface area contributed by atoms with Crippen LogP contribution >= 0.6 is 11.8 Å². The van der Waals surface area contributed by atoms with Crippen molar-refractivity contribution in [2.45, 2.75) is 19.0 Å². The van der Waals surface area contributed by atoms with Gasteiger partial charge in [-0.05, 0) is 49.7 Å². The lowest BCUT2D eigenvalue weighted by molar-refractivity contribution is -0.113. The lowest BCUT2D eigenvalue weighted by atomic mass is 10.2. The summed E-state index contributed by atoms with van der Waals surface area (Å²) in [5, 5.41) is 8.32. The van der Waals surface area contributed by atoms with Crippen LogP contribution in [-0.2, 0) is 4.79 Å². The van der Waals surface area contributed by atoms with E-state index in [4.69, 9.17) is 4.98 Å². The molecule has 0 fully saturated rings. The molecule has 0 bridgehead atoms. The molecule has 0 radical (unpaired) electrons. The number of aryl methyl sites for hydroxylation is 2. The number of amides is 1. The smallest absolute Gasteiger partial charge is 0.267 e. The molecule has 0 saturated heterocycles. The highest BCUT2D eigenvalue weighted by Gasteiger charge is 2.18. The van der Waals surface area contributed by atoms with E-state index < -0.39 is 0 Å². The van der Waals surface area contributed by atoms with Crippen LogP contribution in [0.5, 0.6) is 0 Å². The van der Waals surface area contributed by atoms with Crippen LogP contribution in [0, 0.1) is 13.8 Å². The van der Waals surface area contributed by atoms with E-state index in [0.29, 0.717) is 27.7 Å². The first kappa shape index (κ1) is 22.5. The molecule has 0 aliphatic heterocycles. The summed E-state index contributed by atoms with van der Waals surface area (Å²) in [5.74, 6) is 0.884. The lowest BCUT2D eigenvalue weighted by Crippen LogP contribution is -2.24. The highest BCUT2D eigenvalue weighted by molar-refractivity contribution is 7.99. The number of fused-ring (bicyclic) bond motifs is 1. The number of thioether (sulfide) groups is 1. The number of hydrogen-bond donors (Lipinski definition) is 1. The summed E-state index contributed by atoms with van der Waals surface area (Å²) >= 11 is 1.19. The fourth-order valence-electron chi connectivity index (χ4n) is 3.77. The largest absolute Gasteiger partial charge is 0.310 e. The Morgan fingerprint density at radius 1 is 1.00 bits per heavy atom. The summed E-state index contributed by atoms with van der Waals surface area (Å²) in [6, 6.07) is 22.3. The van der Waals surface area contributed by atoms with Gasteiger partial charge in [-0.2, -0.15) is 5.10 Å². The number of benzene rings is 2. The molecule has 0 aliphatic rings. The molecule has 3 heterocycles. The second-order valence-corrected chi connectivity index (χ2v) is 8.89. The Morgan fingerprint density at radius 2 is 1.77 bits per heavy atom. The van der Waals surface area contributed by atoms with Crippen LogP contribution in [0.1, 0.15) is 11.3 Å². The van der Waals surface area contributed by atoms with Crippen molar-refractivity contribution >= 4 is 34.4 Å². The van der Waals surface area contributed by atoms with Gasteiger partial charge in [-0.1, -0.05) is 48.2 Å². The van der Waals surface area contributed by atoms with Crippen LogP contribution in [0.2, 0.25) is 0 Å². The average Bonchev–Trinajstić information content (AvgIpc) is 3.24. The van der Waals surface area contributed by atoms with E-state index >= 15 is 0 Å². The molecule has 3 aromatic heterocycles. The zero-order valence-electron chi connectivity index (χ0n) is 19.2. The second kappa shape index (κ2) is 9.55. The Balaban J connectivity index is 1.45. The first-order valence-corrected chi connectivity index (χ1v) is 12.0. The maximum Gasteiger partial charge on any atom is 0.267 e. The normalized spacial score (nSPS) is 11.0. The van der Waals surface area contributed by atoms with E-state index in [0.717, 1.165) is 16.9 Å². The van der Waals surface area contributed by atoms with Crippen LogP contribution in [-0.4, -0.2) is 36.0 Å². The molecule has 0 spiro atoms. The molecular formula is C26H22N6O2S. The number of carbonyl (C=O) groups excluding carboxylic acids is 1. The number of nitrogens with one attached hydrogen (secondary N) is 1. The molecule has 1 N–H and O–H groups in total. The van der Waals surface area contributed by atoms with Crippen LogP contribution in [0.15, 0.2) is 88.9 Å². The average molecular weight is 483 g/mol. The van der Waals surface area contributed by atoms with Crippen molar-refractivity contribution in [3.05, 3.63) is 101 Å². The number of aromatic nitrogens is 5. The molecule has 1 amide bonds. The number of nitrogens with zero attached hydrogens (tertiary/aromatic N) is 5. The predicted octanol–water partition coefficient (Wildman–Crippen LogP) is 4.31. The molecule has 35 heavy (non-hydrogen) atoms. The van der Waals surface area contributed by atoms with Crippen molar-refractivity contribution < 1.29 is 4.79 Å². The molecule has 174 valence electrons. The topological polar surface area (TPSA) is 94.7 Å². The van der Waals surface area contributed by atoms with Crippen molar-refractivity contribution in [3.63, 3.8) is 0 Å². The number of rotatable bonds is 6. The molecule has 9 heteroatoms. The van der Waals surface area contributed by atoms with Gasteiger partial charge >= 0.3 is 0 Å². The fraction of sp³-hybridized carbons (Fsp3) is 0.115. The van der Waals surface area contributed by atoms with Crippen LogP contribution < -0.4 is 10.9 Å². The monoisotopic (exact) mass is 482 g/mol. The summed E-state index contributed by atoms with van der Waals surface area (Å²) in [6.07, 6.45) is 1.64. The van der Waals surface area contributed by atoms with Gasteiger partial charge in [-0.25, -0.2) is 19.2 Å². The summed E-state index contributed by atoms with van der Waals surface area (Å²) < 4.78 is 3.17. The van der Waals surface area contributed by atoms with E-state index in [1.165, 1.54) is 16.3 Å². The van der Waals surface area contributed by atoms with E-state index in [2.05, 4.69) is 15.4 Å². The third-order valence-corrected chi connectivity index (χ3v) is 6.31. The van der Waals surface area contributed by atoms with Crippen LogP contribution in [0.25, 0.3) is 22.4 Å². The molecule has 8 nitrogen and oxygen atoms in total. The Bertz CT molecular complexity index is 1590. The number of anilines is 1. The number of pyridine rings is 1. The molecular weight excluding hydrogens is 460 g/mol. The summed E-state index contributed by atoms with van der Waals surface area (Å²) in [7, 11) is 0. The molecule has 0 atom stereocenters. The van der Waals surface area contributed by atoms with Crippen molar-refractivity contribution in [1.29, 1.82) is 0 Å². The highest BCUT2D eigenvalue weighted by atomic mass is 32.2. The van der Waals surface area contributed by atoms with Crippen molar-refractivity contribution in [1.82, 2.24) is 24.3 Å². The standard InChI is InChI=1S/C26H22N6O2S/c1-17-9-8-14-27-24(17)31-25(34)20-12-6-7-13-21(20)28-26(31)35-16-23(33)29-22-15-18(2)30-32(22)19-10-4-3-5-11-19/h3-15H,16H2,1-2H3,(H,29,33). The SMILES string of the molecule is Cc1cc(NC(=O)CSc2nc3ccccc3c(=O)n2-c2ncccc2C)n(-c2ccccc2)n1. The van der Waals surface area contributed by atoms with Crippen molar-refractivity contribution in [3.8, 4) is 11.5 Å². The van der Waals surface area contributed by atoms with E-state index in [1.54, 1.807) is 29.1 Å². The molecule has 5 rings (SSSR count). The fourth-order valence-corrected chi connectivity index (χ4v) is 4.56. The third-order valence-electron chi connectivity index (χ3n) is 5.37. The second-order valence-electron chi connectivity index (χ2n) is 7.95. The molecule has 5 aromatic rings. The Hall–Kier alpha value is -4.24. The Labute approximate surface area is 205 Å². The Kier molecular flexibility index (Phi) is 6.15. The minimum atomic E-state index is -0.237. The first-order valence-electron chi connectivity index (χ1n) is 11.0. The molecule has 2 aromatic carbocycles. The maximum absolute atomic E-state index is 13.4. The number of hydrogen-bond acceptors (Lipinski definition) is 6. The number of carbonyl (C=O) groups is 1. The lowest BCUT2D eigenvalue weighted by Gasteiger charge is -2.14. The Morgan fingerprint density at radius 3 is 2.57 bits per heavy atom. The molecule has 0 aliphatic carbocycles. The first-order chi connectivity index (χ1) is 17.0. The van der Waals surface area contributed by atoms with Crippen LogP contribution in [0.4, 0.5) is 5.82 Å². The van der Waals surface area contributed by atoms with Gasteiger partial charge in [0.05, 0.1) is 28.0 Å². The van der Waals surface area contributed by atoms with Gasteiger partial charge in [0.15, 0.2) is 5.16 Å². The van der Waals surface area contributed by atoms with Gasteiger partial charge < -0.3 is 5.32 Å².